The first kappa shape index (κ1) is 37.5. The van der Waals surface area contributed by atoms with Crippen LogP contribution in [0.1, 0.15) is 119 Å². The van der Waals surface area contributed by atoms with Crippen molar-refractivity contribution in [1.82, 2.24) is 0 Å². The van der Waals surface area contributed by atoms with Gasteiger partial charge in [0.1, 0.15) is 0 Å². The molecule has 0 saturated heterocycles. The largest absolute Gasteiger partial charge is 0.500 e. The predicted octanol–water partition coefficient (Wildman–Crippen LogP) is 8.50. The smallest absolute Gasteiger partial charge is 0.374 e. The Kier molecular flexibility index (Phi) is 27.1. The number of hydrogen-bond acceptors (Lipinski definition) is 7. The molecule has 0 aromatic rings. The molecule has 0 spiro atoms. The van der Waals surface area contributed by atoms with Crippen molar-refractivity contribution in [1.29, 1.82) is 0 Å². The molecule has 9 heteroatoms. The second-order valence-electron chi connectivity index (χ2n) is 9.32. The molecule has 0 atom stereocenters. The third-order valence-corrected chi connectivity index (χ3v) is 13.7. The maximum Gasteiger partial charge on any atom is 0.500 e. The summed E-state index contributed by atoms with van der Waals surface area (Å²) in [6.07, 6.45) is 15.5. The van der Waals surface area contributed by atoms with Gasteiger partial charge in [-0.2, -0.15) is 11.8 Å². The van der Waals surface area contributed by atoms with Crippen LogP contribution in [0.25, 0.3) is 0 Å². The van der Waals surface area contributed by atoms with Crippen LogP contribution < -0.4 is 0 Å². The summed E-state index contributed by atoms with van der Waals surface area (Å²) in [7, 11) is -4.87. The second-order valence-corrected chi connectivity index (χ2v) is 16.0. The standard InChI is InChI=1S/C28H62O6SSi2/c1-7-29-36(30-8-2,31-9-3)27-23-19-15-13-17-21-25-35-26-22-18-14-16-20-24-28-37(32-10-4,33-11-5)34-12-6/h7-28H2,1-6H3. The van der Waals surface area contributed by atoms with Gasteiger partial charge in [-0.05, 0) is 78.7 Å². The van der Waals surface area contributed by atoms with Gasteiger partial charge in [0.05, 0.1) is 0 Å². The van der Waals surface area contributed by atoms with Crippen molar-refractivity contribution in [3.63, 3.8) is 0 Å². The van der Waals surface area contributed by atoms with Crippen LogP contribution in [0.2, 0.25) is 12.1 Å². The number of unbranched alkanes of at least 4 members (excludes halogenated alkanes) is 10. The molecule has 0 heterocycles. The highest BCUT2D eigenvalue weighted by Crippen LogP contribution is 2.22. The zero-order valence-corrected chi connectivity index (χ0v) is 28.2. The van der Waals surface area contributed by atoms with Gasteiger partial charge >= 0.3 is 17.6 Å². The fourth-order valence-electron chi connectivity index (χ4n) is 4.61. The molecule has 0 aliphatic heterocycles. The second kappa shape index (κ2) is 26.8. The molecule has 0 saturated carbocycles. The average molecular weight is 583 g/mol. The maximum absolute atomic E-state index is 5.95. The van der Waals surface area contributed by atoms with Crippen LogP contribution in [0.5, 0.6) is 0 Å². The van der Waals surface area contributed by atoms with Crippen LogP contribution in [-0.4, -0.2) is 68.8 Å². The Morgan fingerprint density at radius 1 is 0.351 bits per heavy atom. The Labute approximate surface area is 237 Å². The zero-order chi connectivity index (χ0) is 27.5. The third kappa shape index (κ3) is 20.1. The van der Waals surface area contributed by atoms with E-state index in [1.807, 2.05) is 41.5 Å². The van der Waals surface area contributed by atoms with Crippen LogP contribution in [0, 0.1) is 0 Å². The van der Waals surface area contributed by atoms with Crippen LogP contribution in [-0.2, 0) is 26.6 Å². The monoisotopic (exact) mass is 582 g/mol. The minimum absolute atomic E-state index is 0.671. The lowest BCUT2D eigenvalue weighted by Gasteiger charge is -2.28. The molecule has 0 amide bonds. The van der Waals surface area contributed by atoms with Crippen molar-refractivity contribution in [2.24, 2.45) is 0 Å². The van der Waals surface area contributed by atoms with Gasteiger partial charge in [-0.1, -0.05) is 51.4 Å². The predicted molar refractivity (Wildman–Crippen MR) is 164 cm³/mol. The van der Waals surface area contributed by atoms with Gasteiger partial charge in [0.15, 0.2) is 0 Å². The normalized spacial score (nSPS) is 12.5. The van der Waals surface area contributed by atoms with Crippen LogP contribution >= 0.6 is 11.8 Å². The van der Waals surface area contributed by atoms with E-state index >= 15 is 0 Å². The number of rotatable bonds is 30. The lowest BCUT2D eigenvalue weighted by atomic mass is 10.1. The molecule has 0 aromatic carbocycles. The Morgan fingerprint density at radius 3 is 0.865 bits per heavy atom. The topological polar surface area (TPSA) is 55.4 Å². The summed E-state index contributed by atoms with van der Waals surface area (Å²) in [4.78, 5) is 0. The summed E-state index contributed by atoms with van der Waals surface area (Å²) in [6, 6.07) is 1.91. The summed E-state index contributed by atoms with van der Waals surface area (Å²) >= 11 is 2.14. The van der Waals surface area contributed by atoms with Crippen molar-refractivity contribution in [2.45, 2.75) is 131 Å². The Morgan fingerprint density at radius 2 is 0.595 bits per heavy atom. The minimum atomic E-state index is -2.44. The van der Waals surface area contributed by atoms with E-state index in [4.69, 9.17) is 26.6 Å². The van der Waals surface area contributed by atoms with E-state index in [2.05, 4.69) is 11.8 Å². The lowest BCUT2D eigenvalue weighted by Crippen LogP contribution is -2.45. The van der Waals surface area contributed by atoms with Crippen molar-refractivity contribution >= 4 is 29.4 Å². The molecule has 0 rings (SSSR count). The molecule has 0 aromatic heterocycles. The van der Waals surface area contributed by atoms with Crippen LogP contribution in [0.15, 0.2) is 0 Å². The molecule has 0 fully saturated rings. The first-order valence-electron chi connectivity index (χ1n) is 15.5. The molecule has 0 unspecified atom stereocenters. The van der Waals surface area contributed by atoms with Gasteiger partial charge in [0.2, 0.25) is 0 Å². The van der Waals surface area contributed by atoms with Crippen molar-refractivity contribution < 1.29 is 26.6 Å². The number of thioether (sulfide) groups is 1. The highest BCUT2D eigenvalue weighted by atomic mass is 32.2. The van der Waals surface area contributed by atoms with Gasteiger partial charge in [-0.15, -0.1) is 0 Å². The number of hydrogen-bond donors (Lipinski definition) is 0. The summed E-state index contributed by atoms with van der Waals surface area (Å²) < 4.78 is 35.7. The Balaban J connectivity index is 3.63. The maximum atomic E-state index is 5.95. The molecule has 0 bridgehead atoms. The molecule has 0 aliphatic rings. The van der Waals surface area contributed by atoms with Crippen LogP contribution in [0.3, 0.4) is 0 Å². The molecule has 0 radical (unpaired) electrons. The zero-order valence-electron chi connectivity index (χ0n) is 25.4. The van der Waals surface area contributed by atoms with Crippen LogP contribution in [0.4, 0.5) is 0 Å². The van der Waals surface area contributed by atoms with E-state index < -0.39 is 17.6 Å². The fourth-order valence-corrected chi connectivity index (χ4v) is 11.0. The van der Waals surface area contributed by atoms with E-state index in [0.717, 1.165) is 24.9 Å². The Hall–Kier alpha value is 0.544. The van der Waals surface area contributed by atoms with E-state index in [-0.39, 0.29) is 0 Å². The summed E-state index contributed by atoms with van der Waals surface area (Å²) in [5.74, 6) is 2.63. The highest BCUT2D eigenvalue weighted by Gasteiger charge is 2.40. The molecule has 224 valence electrons. The third-order valence-electron chi connectivity index (χ3n) is 6.23. The first-order valence-corrected chi connectivity index (χ1v) is 20.5. The Bertz CT molecular complexity index is 402. The van der Waals surface area contributed by atoms with E-state index in [1.54, 1.807) is 0 Å². The minimum Gasteiger partial charge on any atom is -0.374 e. The van der Waals surface area contributed by atoms with E-state index in [1.165, 1.54) is 75.7 Å². The lowest BCUT2D eigenvalue weighted by molar-refractivity contribution is 0.0698. The summed E-state index contributed by atoms with van der Waals surface area (Å²) in [5.41, 5.74) is 0. The molecule has 0 N–H and O–H groups in total. The fraction of sp³-hybridized carbons (Fsp3) is 1.00. The molecule has 0 aliphatic carbocycles. The van der Waals surface area contributed by atoms with E-state index in [0.29, 0.717) is 39.6 Å². The first-order chi connectivity index (χ1) is 18.1. The van der Waals surface area contributed by atoms with Gasteiger partial charge in [-0.25, -0.2) is 0 Å². The molecule has 6 nitrogen and oxygen atoms in total. The molecule has 37 heavy (non-hydrogen) atoms. The van der Waals surface area contributed by atoms with Crippen molar-refractivity contribution in [3.8, 4) is 0 Å². The van der Waals surface area contributed by atoms with E-state index in [9.17, 15) is 0 Å². The van der Waals surface area contributed by atoms with Gasteiger partial charge in [0.25, 0.3) is 0 Å². The van der Waals surface area contributed by atoms with Gasteiger partial charge in [-0.3, -0.25) is 0 Å². The van der Waals surface area contributed by atoms with Crippen molar-refractivity contribution in [3.05, 3.63) is 0 Å². The average Bonchev–Trinajstić information content (AvgIpc) is 2.87. The van der Waals surface area contributed by atoms with Crippen molar-refractivity contribution in [2.75, 3.05) is 51.1 Å². The molecular weight excluding hydrogens is 521 g/mol. The highest BCUT2D eigenvalue weighted by molar-refractivity contribution is 7.99. The van der Waals surface area contributed by atoms with Gasteiger partial charge < -0.3 is 26.6 Å². The quantitative estimate of drug-likeness (QED) is 0.0621. The summed E-state index contributed by atoms with van der Waals surface area (Å²) in [6.45, 7) is 16.2. The summed E-state index contributed by atoms with van der Waals surface area (Å²) in [5, 5.41) is 0. The molecular formula is C28H62O6SSi2. The SMILES string of the molecule is CCO[Si](CCCCCCCCSCCCCCCCC[Si](OCC)(OCC)OCC)(OCC)OCC. The van der Waals surface area contributed by atoms with Gasteiger partial charge in [0, 0.05) is 51.7 Å².